The van der Waals surface area contributed by atoms with E-state index in [1.54, 1.807) is 24.3 Å². The first-order valence-electron chi connectivity index (χ1n) is 9.07. The van der Waals surface area contributed by atoms with Crippen LogP contribution < -0.4 is 16.0 Å². The van der Waals surface area contributed by atoms with Gasteiger partial charge in [0.2, 0.25) is 11.8 Å². The molecule has 27 heavy (non-hydrogen) atoms. The molecule has 6 nitrogen and oxygen atoms in total. The molecule has 3 amide bonds. The molecule has 0 saturated carbocycles. The van der Waals surface area contributed by atoms with Crippen LogP contribution in [-0.2, 0) is 16.0 Å². The molecule has 6 heteroatoms. The minimum absolute atomic E-state index is 0.0283. The number of hydrogen-bond donors (Lipinski definition) is 3. The summed E-state index contributed by atoms with van der Waals surface area (Å²) < 4.78 is 0. The van der Waals surface area contributed by atoms with Gasteiger partial charge in [0.25, 0.3) is 5.91 Å². The quantitative estimate of drug-likeness (QED) is 0.734. The van der Waals surface area contributed by atoms with E-state index in [0.29, 0.717) is 11.3 Å². The number of para-hydroxylation sites is 1. The molecule has 140 valence electrons. The monoisotopic (exact) mass is 365 g/mol. The predicted octanol–water partition coefficient (Wildman–Crippen LogP) is 2.26. The normalized spacial score (nSPS) is 17.1. The molecule has 0 bridgehead atoms. The summed E-state index contributed by atoms with van der Waals surface area (Å²) in [5.74, 6) is -1.01. The Morgan fingerprint density at radius 1 is 1.07 bits per heavy atom. The van der Waals surface area contributed by atoms with Gasteiger partial charge in [-0.2, -0.15) is 0 Å². The summed E-state index contributed by atoms with van der Waals surface area (Å²) in [6, 6.07) is 15.9. The van der Waals surface area contributed by atoms with Gasteiger partial charge >= 0.3 is 0 Å². The van der Waals surface area contributed by atoms with Crippen LogP contribution in [0.3, 0.4) is 0 Å². The van der Waals surface area contributed by atoms with Crippen LogP contribution in [-0.4, -0.2) is 29.8 Å². The van der Waals surface area contributed by atoms with Gasteiger partial charge in [-0.15, -0.1) is 0 Å². The van der Waals surface area contributed by atoms with Crippen LogP contribution in [0.2, 0.25) is 0 Å². The highest BCUT2D eigenvalue weighted by molar-refractivity contribution is 6.10. The molecular formula is C21H23N3O3. The largest absolute Gasteiger partial charge is 0.354 e. The average molecular weight is 365 g/mol. The van der Waals surface area contributed by atoms with Gasteiger partial charge in [0, 0.05) is 6.04 Å². The fourth-order valence-corrected chi connectivity index (χ4v) is 3.07. The van der Waals surface area contributed by atoms with Gasteiger partial charge in [0.05, 0.1) is 17.7 Å². The van der Waals surface area contributed by atoms with E-state index in [0.717, 1.165) is 12.8 Å². The maximum atomic E-state index is 12.3. The summed E-state index contributed by atoms with van der Waals surface area (Å²) in [5, 5.41) is 8.25. The second kappa shape index (κ2) is 8.49. The molecule has 1 heterocycles. The molecule has 0 fully saturated rings. The number of hydrogen-bond acceptors (Lipinski definition) is 3. The van der Waals surface area contributed by atoms with Gasteiger partial charge < -0.3 is 16.0 Å². The number of fused-ring (bicyclic) bond motifs is 1. The third-order valence-electron chi connectivity index (χ3n) is 4.56. The number of anilines is 1. The SMILES string of the molecule is C[C@@H](CCc1ccccc1)NC(=O)C[C@@H]1NC(=O)c2ccccc2NC1=O. The summed E-state index contributed by atoms with van der Waals surface area (Å²) in [5.41, 5.74) is 2.07. The van der Waals surface area contributed by atoms with E-state index in [2.05, 4.69) is 28.1 Å². The van der Waals surface area contributed by atoms with Crippen molar-refractivity contribution in [3.05, 3.63) is 65.7 Å². The van der Waals surface area contributed by atoms with Crippen molar-refractivity contribution in [2.75, 3.05) is 5.32 Å². The lowest BCUT2D eigenvalue weighted by atomic mass is 10.1. The summed E-state index contributed by atoms with van der Waals surface area (Å²) in [4.78, 5) is 37.0. The number of aryl methyl sites for hydroxylation is 1. The molecule has 0 radical (unpaired) electrons. The van der Waals surface area contributed by atoms with E-state index in [4.69, 9.17) is 0 Å². The Morgan fingerprint density at radius 3 is 2.56 bits per heavy atom. The molecule has 2 aromatic rings. The average Bonchev–Trinajstić information content (AvgIpc) is 2.77. The second-order valence-electron chi connectivity index (χ2n) is 6.76. The van der Waals surface area contributed by atoms with Crippen molar-refractivity contribution >= 4 is 23.4 Å². The summed E-state index contributed by atoms with van der Waals surface area (Å²) >= 11 is 0. The van der Waals surface area contributed by atoms with Crippen molar-refractivity contribution < 1.29 is 14.4 Å². The molecule has 0 spiro atoms. The number of carbonyl (C=O) groups excluding carboxylic acids is 3. The summed E-state index contributed by atoms with van der Waals surface area (Å²) in [7, 11) is 0. The first-order valence-corrected chi connectivity index (χ1v) is 9.07. The van der Waals surface area contributed by atoms with E-state index >= 15 is 0 Å². The number of nitrogens with one attached hydrogen (secondary N) is 3. The standard InChI is InChI=1S/C21H23N3O3/c1-14(11-12-15-7-3-2-4-8-15)22-19(25)13-18-21(27)23-17-10-6-5-9-16(17)20(26)24-18/h2-10,14,18H,11-13H2,1H3,(H,22,25)(H,23,27)(H,24,26)/t14-,18-/m0/s1. The minimum atomic E-state index is -0.897. The molecule has 3 rings (SSSR count). The number of benzene rings is 2. The van der Waals surface area contributed by atoms with Crippen LogP contribution in [0.15, 0.2) is 54.6 Å². The van der Waals surface area contributed by atoms with Crippen molar-refractivity contribution in [2.24, 2.45) is 0 Å². The fourth-order valence-electron chi connectivity index (χ4n) is 3.07. The molecular weight excluding hydrogens is 342 g/mol. The Bertz CT molecular complexity index is 836. The van der Waals surface area contributed by atoms with Gasteiger partial charge in [-0.1, -0.05) is 42.5 Å². The highest BCUT2D eigenvalue weighted by Crippen LogP contribution is 2.18. The number of rotatable bonds is 6. The van der Waals surface area contributed by atoms with Gasteiger partial charge in [0.15, 0.2) is 0 Å². The smallest absolute Gasteiger partial charge is 0.254 e. The molecule has 2 aromatic carbocycles. The highest BCUT2D eigenvalue weighted by atomic mass is 16.2. The number of carbonyl (C=O) groups is 3. The Balaban J connectivity index is 1.53. The predicted molar refractivity (Wildman–Crippen MR) is 103 cm³/mol. The molecule has 0 aromatic heterocycles. The van der Waals surface area contributed by atoms with Crippen LogP contribution in [0.4, 0.5) is 5.69 Å². The van der Waals surface area contributed by atoms with Gasteiger partial charge in [-0.05, 0) is 37.5 Å². The highest BCUT2D eigenvalue weighted by Gasteiger charge is 2.29. The Labute approximate surface area is 158 Å². The second-order valence-corrected chi connectivity index (χ2v) is 6.76. The van der Waals surface area contributed by atoms with E-state index < -0.39 is 6.04 Å². The van der Waals surface area contributed by atoms with Gasteiger partial charge in [0.1, 0.15) is 6.04 Å². The molecule has 0 unspecified atom stereocenters. The van der Waals surface area contributed by atoms with Crippen molar-refractivity contribution in [3.63, 3.8) is 0 Å². The van der Waals surface area contributed by atoms with Crippen LogP contribution in [0.25, 0.3) is 0 Å². The first-order chi connectivity index (χ1) is 13.0. The van der Waals surface area contributed by atoms with Crippen molar-refractivity contribution in [3.8, 4) is 0 Å². The summed E-state index contributed by atoms with van der Waals surface area (Å²) in [6.07, 6.45) is 1.56. The lowest BCUT2D eigenvalue weighted by molar-refractivity contribution is -0.126. The zero-order chi connectivity index (χ0) is 19.2. The third kappa shape index (κ3) is 4.94. The molecule has 0 saturated heterocycles. The number of amides is 3. The molecule has 0 aliphatic carbocycles. The van der Waals surface area contributed by atoms with E-state index in [1.807, 2.05) is 25.1 Å². The summed E-state index contributed by atoms with van der Waals surface area (Å²) in [6.45, 7) is 1.93. The fraction of sp³-hybridized carbons (Fsp3) is 0.286. The minimum Gasteiger partial charge on any atom is -0.354 e. The third-order valence-corrected chi connectivity index (χ3v) is 4.56. The van der Waals surface area contributed by atoms with E-state index in [-0.39, 0.29) is 30.2 Å². The zero-order valence-corrected chi connectivity index (χ0v) is 15.2. The maximum Gasteiger partial charge on any atom is 0.254 e. The molecule has 1 aliphatic heterocycles. The Hall–Kier alpha value is -3.15. The van der Waals surface area contributed by atoms with Crippen LogP contribution in [0, 0.1) is 0 Å². The van der Waals surface area contributed by atoms with Crippen molar-refractivity contribution in [2.45, 2.75) is 38.3 Å². The van der Waals surface area contributed by atoms with Crippen LogP contribution in [0.1, 0.15) is 35.7 Å². The molecule has 1 aliphatic rings. The Kier molecular flexibility index (Phi) is 5.86. The molecule has 3 N–H and O–H groups in total. The van der Waals surface area contributed by atoms with E-state index in [9.17, 15) is 14.4 Å². The van der Waals surface area contributed by atoms with E-state index in [1.165, 1.54) is 5.56 Å². The zero-order valence-electron chi connectivity index (χ0n) is 15.2. The van der Waals surface area contributed by atoms with Crippen LogP contribution >= 0.6 is 0 Å². The van der Waals surface area contributed by atoms with Gasteiger partial charge in [-0.3, -0.25) is 14.4 Å². The maximum absolute atomic E-state index is 12.3. The van der Waals surface area contributed by atoms with Gasteiger partial charge in [-0.25, -0.2) is 0 Å². The van der Waals surface area contributed by atoms with Crippen LogP contribution in [0.5, 0.6) is 0 Å². The topological polar surface area (TPSA) is 87.3 Å². The van der Waals surface area contributed by atoms with Crippen molar-refractivity contribution in [1.82, 2.24) is 10.6 Å². The first kappa shape index (κ1) is 18.6. The lowest BCUT2D eigenvalue weighted by Gasteiger charge is -2.17. The lowest BCUT2D eigenvalue weighted by Crippen LogP contribution is -2.45. The Morgan fingerprint density at radius 2 is 1.78 bits per heavy atom. The molecule has 2 atom stereocenters. The van der Waals surface area contributed by atoms with Crippen molar-refractivity contribution in [1.29, 1.82) is 0 Å².